The molecule has 3 nitrogen and oxygen atoms in total. The van der Waals surface area contributed by atoms with E-state index in [9.17, 15) is 0 Å². The van der Waals surface area contributed by atoms with Gasteiger partial charge >= 0.3 is 0 Å². The Morgan fingerprint density at radius 1 is 0.875 bits per heavy atom. The average molecular weight is 124 g/mol. The quantitative estimate of drug-likeness (QED) is 0.412. The van der Waals surface area contributed by atoms with Gasteiger partial charge in [0.1, 0.15) is 0 Å². The summed E-state index contributed by atoms with van der Waals surface area (Å²) in [4.78, 5) is 0. The monoisotopic (exact) mass is 124 g/mol. The number of rotatable bonds is 0. The molecule has 0 aliphatic heterocycles. The first kappa shape index (κ1) is 15.7. The lowest BCUT2D eigenvalue weighted by molar-refractivity contribution is 0.216. The van der Waals surface area contributed by atoms with Gasteiger partial charge in [0.15, 0.2) is 0 Å². The van der Waals surface area contributed by atoms with Gasteiger partial charge in [-0.1, -0.05) is 0 Å². The van der Waals surface area contributed by atoms with E-state index in [2.05, 4.69) is 0 Å². The van der Waals surface area contributed by atoms with Crippen molar-refractivity contribution in [1.29, 1.82) is 0 Å². The molecule has 0 radical (unpaired) electrons. The van der Waals surface area contributed by atoms with E-state index in [1.165, 1.54) is 0 Å². The van der Waals surface area contributed by atoms with Gasteiger partial charge in [-0.3, -0.25) is 0 Å². The Kier molecular flexibility index (Phi) is 56.1. The van der Waals surface area contributed by atoms with E-state index in [0.717, 1.165) is 14.2 Å². The van der Waals surface area contributed by atoms with Gasteiger partial charge in [-0.25, -0.2) is 0 Å². The molecular formula is C5H16O3. The smallest absolute Gasteiger partial charge is 0.0483 e. The molecular weight excluding hydrogens is 108 g/mol. The third-order valence-corrected chi connectivity index (χ3v) is 0. The Bertz CT molecular complexity index is 12.4. The third-order valence-electron chi connectivity index (χ3n) is 0. The first-order chi connectivity index (χ1) is 3.73. The summed E-state index contributed by atoms with van der Waals surface area (Å²) in [5.74, 6) is 0. The molecule has 3 heteroatoms. The van der Waals surface area contributed by atoms with Gasteiger partial charge in [-0.05, 0) is 13.8 Å². The summed E-state index contributed by atoms with van der Waals surface area (Å²) < 4.78 is 0. The molecule has 0 heterocycles. The molecule has 0 unspecified atom stereocenters. The van der Waals surface area contributed by atoms with E-state index in [4.69, 9.17) is 15.3 Å². The lowest BCUT2D eigenvalue weighted by Gasteiger charge is -1.80. The standard InChI is InChI=1S/C3H8O.2CH4O/c1-3(2)4;2*1-2/h3-4H,1-2H3;2*2H,1H3. The molecule has 0 atom stereocenters. The predicted octanol–water partition coefficient (Wildman–Crippen LogP) is -0.396. The van der Waals surface area contributed by atoms with Gasteiger partial charge in [-0.2, -0.15) is 0 Å². The molecule has 0 saturated carbocycles. The molecule has 0 bridgehead atoms. The Hall–Kier alpha value is -0.120. The summed E-state index contributed by atoms with van der Waals surface area (Å²) in [7, 11) is 2.00. The van der Waals surface area contributed by atoms with E-state index >= 15 is 0 Å². The largest absolute Gasteiger partial charge is 0.400 e. The lowest BCUT2D eigenvalue weighted by atomic mass is 10.5. The zero-order valence-electron chi connectivity index (χ0n) is 5.92. The molecule has 3 N–H and O–H groups in total. The Labute approximate surface area is 50.6 Å². The van der Waals surface area contributed by atoms with E-state index < -0.39 is 0 Å². The SMILES string of the molecule is CC(C)O.CO.CO. The van der Waals surface area contributed by atoms with Gasteiger partial charge in [0.25, 0.3) is 0 Å². The van der Waals surface area contributed by atoms with Crippen LogP contribution in [-0.2, 0) is 0 Å². The molecule has 8 heavy (non-hydrogen) atoms. The maximum absolute atomic E-state index is 8.06. The van der Waals surface area contributed by atoms with Gasteiger partial charge in [0.05, 0.1) is 0 Å². The molecule has 0 spiro atoms. The molecule has 0 aliphatic carbocycles. The number of aliphatic hydroxyl groups is 3. The maximum Gasteiger partial charge on any atom is 0.0483 e. The van der Waals surface area contributed by atoms with E-state index in [0.29, 0.717) is 0 Å². The van der Waals surface area contributed by atoms with Gasteiger partial charge < -0.3 is 15.3 Å². The molecule has 0 aromatic rings. The minimum atomic E-state index is -0.167. The predicted molar refractivity (Wildman–Crippen MR) is 33.6 cm³/mol. The van der Waals surface area contributed by atoms with Crippen molar-refractivity contribution in [2.24, 2.45) is 0 Å². The summed E-state index contributed by atoms with van der Waals surface area (Å²) in [6, 6.07) is 0. The van der Waals surface area contributed by atoms with Crippen LogP contribution in [0.4, 0.5) is 0 Å². The minimum Gasteiger partial charge on any atom is -0.400 e. The van der Waals surface area contributed by atoms with Crippen LogP contribution in [-0.4, -0.2) is 35.6 Å². The van der Waals surface area contributed by atoms with Crippen molar-refractivity contribution in [2.45, 2.75) is 20.0 Å². The van der Waals surface area contributed by atoms with Crippen LogP contribution in [0.15, 0.2) is 0 Å². The molecule has 0 fully saturated rings. The van der Waals surface area contributed by atoms with Crippen LogP contribution in [0.2, 0.25) is 0 Å². The molecule has 54 valence electrons. The highest BCUT2D eigenvalue weighted by molar-refractivity contribution is 4.20. The minimum absolute atomic E-state index is 0.167. The number of aliphatic hydroxyl groups excluding tert-OH is 3. The van der Waals surface area contributed by atoms with Gasteiger partial charge in [0, 0.05) is 20.3 Å². The van der Waals surface area contributed by atoms with Crippen LogP contribution in [0.25, 0.3) is 0 Å². The molecule has 0 aliphatic rings. The molecule has 0 rings (SSSR count). The lowest BCUT2D eigenvalue weighted by Crippen LogP contribution is -1.85. The Morgan fingerprint density at radius 3 is 0.875 bits per heavy atom. The Morgan fingerprint density at radius 2 is 0.875 bits per heavy atom. The summed E-state index contributed by atoms with van der Waals surface area (Å²) in [6.07, 6.45) is -0.167. The van der Waals surface area contributed by atoms with E-state index in [-0.39, 0.29) is 6.10 Å². The van der Waals surface area contributed by atoms with Crippen LogP contribution in [0.3, 0.4) is 0 Å². The van der Waals surface area contributed by atoms with E-state index in [1.54, 1.807) is 13.8 Å². The fourth-order valence-corrected chi connectivity index (χ4v) is 0. The summed E-state index contributed by atoms with van der Waals surface area (Å²) >= 11 is 0. The first-order valence-electron chi connectivity index (χ1n) is 2.31. The van der Waals surface area contributed by atoms with Crippen molar-refractivity contribution < 1.29 is 15.3 Å². The van der Waals surface area contributed by atoms with Gasteiger partial charge in [0.2, 0.25) is 0 Å². The van der Waals surface area contributed by atoms with Crippen LogP contribution in [0, 0.1) is 0 Å². The van der Waals surface area contributed by atoms with E-state index in [1.807, 2.05) is 0 Å². The third kappa shape index (κ3) is 9720. The second kappa shape index (κ2) is 28.7. The summed E-state index contributed by atoms with van der Waals surface area (Å²) in [5.41, 5.74) is 0. The van der Waals surface area contributed by atoms with Crippen molar-refractivity contribution in [2.75, 3.05) is 14.2 Å². The molecule has 0 aromatic heterocycles. The molecule has 0 aromatic carbocycles. The summed E-state index contributed by atoms with van der Waals surface area (Å²) in [5, 5.41) is 22.1. The van der Waals surface area contributed by atoms with Crippen molar-refractivity contribution in [3.8, 4) is 0 Å². The average Bonchev–Trinajstić information content (AvgIpc) is 1.75. The number of hydrogen-bond donors (Lipinski definition) is 3. The van der Waals surface area contributed by atoms with Crippen molar-refractivity contribution in [1.82, 2.24) is 0 Å². The fourth-order valence-electron chi connectivity index (χ4n) is 0. The van der Waals surface area contributed by atoms with Crippen molar-refractivity contribution in [3.63, 3.8) is 0 Å². The van der Waals surface area contributed by atoms with Crippen LogP contribution in [0.1, 0.15) is 13.8 Å². The highest BCUT2D eigenvalue weighted by Crippen LogP contribution is 1.65. The first-order valence-corrected chi connectivity index (χ1v) is 2.31. The second-order valence-corrected chi connectivity index (χ2v) is 1.09. The fraction of sp³-hybridized carbons (Fsp3) is 1.00. The summed E-state index contributed by atoms with van der Waals surface area (Å²) in [6.45, 7) is 3.44. The molecule has 0 amide bonds. The van der Waals surface area contributed by atoms with Crippen molar-refractivity contribution in [3.05, 3.63) is 0 Å². The number of hydrogen-bond acceptors (Lipinski definition) is 3. The zero-order valence-corrected chi connectivity index (χ0v) is 5.92. The van der Waals surface area contributed by atoms with Crippen LogP contribution >= 0.6 is 0 Å². The molecule has 0 saturated heterocycles. The highest BCUT2D eigenvalue weighted by Gasteiger charge is 1.69. The van der Waals surface area contributed by atoms with Gasteiger partial charge in [-0.15, -0.1) is 0 Å². The topological polar surface area (TPSA) is 60.7 Å². The normalized spacial score (nSPS) is 6.00. The van der Waals surface area contributed by atoms with Crippen LogP contribution in [0.5, 0.6) is 0 Å². The second-order valence-electron chi connectivity index (χ2n) is 1.09. The highest BCUT2D eigenvalue weighted by atomic mass is 16.3. The zero-order chi connectivity index (χ0) is 7.58. The maximum atomic E-state index is 8.06. The van der Waals surface area contributed by atoms with Crippen molar-refractivity contribution >= 4 is 0 Å². The van der Waals surface area contributed by atoms with Crippen LogP contribution < -0.4 is 0 Å². The Balaban J connectivity index is -0.0000000542.